The molecule has 1 unspecified atom stereocenters. The van der Waals surface area contributed by atoms with Crippen molar-refractivity contribution >= 4 is 15.9 Å². The van der Waals surface area contributed by atoms with Crippen molar-refractivity contribution in [3.63, 3.8) is 0 Å². The van der Waals surface area contributed by atoms with Gasteiger partial charge in [-0.1, -0.05) is 34.1 Å². The van der Waals surface area contributed by atoms with Crippen LogP contribution in [-0.2, 0) is 19.4 Å². The molecule has 21 heavy (non-hydrogen) atoms. The number of halogens is 1. The second kappa shape index (κ2) is 6.43. The Hall–Kier alpha value is -1.63. The third-order valence-electron chi connectivity index (χ3n) is 4.05. The zero-order chi connectivity index (χ0) is 14.7. The average Bonchev–Trinajstić information content (AvgIpc) is 2.53. The lowest BCUT2D eigenvalue weighted by molar-refractivity contribution is 0.457. The fraction of sp³-hybridized carbons (Fsp3) is 0.278. The summed E-state index contributed by atoms with van der Waals surface area (Å²) >= 11 is 3.54. The van der Waals surface area contributed by atoms with Gasteiger partial charge in [0.25, 0.3) is 0 Å². The maximum atomic E-state index is 8.94. The van der Waals surface area contributed by atoms with Gasteiger partial charge in [0.1, 0.15) is 0 Å². The molecule has 106 valence electrons. The van der Waals surface area contributed by atoms with E-state index >= 15 is 0 Å². The lowest BCUT2D eigenvalue weighted by Crippen LogP contribution is -2.34. The predicted molar refractivity (Wildman–Crippen MR) is 88.0 cm³/mol. The molecule has 0 aliphatic heterocycles. The van der Waals surface area contributed by atoms with E-state index in [9.17, 15) is 0 Å². The van der Waals surface area contributed by atoms with Gasteiger partial charge in [0.05, 0.1) is 11.6 Å². The van der Waals surface area contributed by atoms with E-state index in [2.05, 4.69) is 51.6 Å². The predicted octanol–water partition coefficient (Wildman–Crippen LogP) is 3.97. The van der Waals surface area contributed by atoms with E-state index in [1.807, 2.05) is 18.2 Å². The van der Waals surface area contributed by atoms with Gasteiger partial charge in [0.15, 0.2) is 0 Å². The van der Waals surface area contributed by atoms with Crippen LogP contribution in [-0.4, -0.2) is 6.04 Å². The minimum absolute atomic E-state index is 0.518. The van der Waals surface area contributed by atoms with Gasteiger partial charge in [-0.2, -0.15) is 5.26 Å². The van der Waals surface area contributed by atoms with Crippen LogP contribution < -0.4 is 5.32 Å². The van der Waals surface area contributed by atoms with Gasteiger partial charge in [0, 0.05) is 17.1 Å². The lowest BCUT2D eigenvalue weighted by atomic mass is 9.88. The summed E-state index contributed by atoms with van der Waals surface area (Å²) in [4.78, 5) is 0. The molecule has 0 saturated carbocycles. The molecule has 1 N–H and O–H groups in total. The molecule has 0 fully saturated rings. The molecule has 3 rings (SSSR count). The van der Waals surface area contributed by atoms with E-state index in [-0.39, 0.29) is 0 Å². The number of hydrogen-bond donors (Lipinski definition) is 1. The van der Waals surface area contributed by atoms with Crippen molar-refractivity contribution in [2.75, 3.05) is 0 Å². The summed E-state index contributed by atoms with van der Waals surface area (Å²) in [5, 5.41) is 12.6. The molecule has 1 aliphatic carbocycles. The molecule has 3 heteroatoms. The Morgan fingerprint density at radius 2 is 2.10 bits per heavy atom. The minimum atomic E-state index is 0.518. The first-order valence-corrected chi connectivity index (χ1v) is 8.03. The van der Waals surface area contributed by atoms with Crippen LogP contribution in [0.4, 0.5) is 0 Å². The van der Waals surface area contributed by atoms with E-state index in [4.69, 9.17) is 5.26 Å². The van der Waals surface area contributed by atoms with Crippen molar-refractivity contribution in [2.24, 2.45) is 0 Å². The van der Waals surface area contributed by atoms with Crippen LogP contribution in [0.2, 0.25) is 0 Å². The number of hydrogen-bond acceptors (Lipinski definition) is 2. The van der Waals surface area contributed by atoms with Gasteiger partial charge < -0.3 is 5.32 Å². The molecular formula is C18H17BrN2. The Morgan fingerprint density at radius 1 is 1.19 bits per heavy atom. The van der Waals surface area contributed by atoms with Crippen molar-refractivity contribution in [3.8, 4) is 6.07 Å². The highest BCUT2D eigenvalue weighted by atomic mass is 79.9. The Balaban J connectivity index is 1.62. The highest BCUT2D eigenvalue weighted by molar-refractivity contribution is 9.10. The van der Waals surface area contributed by atoms with Gasteiger partial charge >= 0.3 is 0 Å². The van der Waals surface area contributed by atoms with E-state index in [1.54, 1.807) is 0 Å². The molecule has 0 saturated heterocycles. The van der Waals surface area contributed by atoms with Crippen LogP contribution in [0.25, 0.3) is 0 Å². The van der Waals surface area contributed by atoms with Gasteiger partial charge in [-0.3, -0.25) is 0 Å². The van der Waals surface area contributed by atoms with E-state index < -0.39 is 0 Å². The summed E-state index contributed by atoms with van der Waals surface area (Å²) in [7, 11) is 0. The summed E-state index contributed by atoms with van der Waals surface area (Å²) < 4.78 is 1.17. The first-order chi connectivity index (χ1) is 10.2. The van der Waals surface area contributed by atoms with E-state index in [0.717, 1.165) is 24.9 Å². The van der Waals surface area contributed by atoms with Crippen LogP contribution in [0.3, 0.4) is 0 Å². The zero-order valence-electron chi connectivity index (χ0n) is 11.8. The first kappa shape index (κ1) is 14.3. The standard InChI is InChI=1S/C18H17BrN2/c19-17-6-4-16-10-18(7-5-15(16)9-17)21-12-14-3-1-2-13(8-14)11-20/h1-4,6,8-9,18,21H,5,7,10,12H2. The van der Waals surface area contributed by atoms with Crippen molar-refractivity contribution in [3.05, 3.63) is 69.2 Å². The van der Waals surface area contributed by atoms with Crippen LogP contribution >= 0.6 is 15.9 Å². The Kier molecular flexibility index (Phi) is 4.38. The molecule has 0 aromatic heterocycles. The van der Waals surface area contributed by atoms with Crippen LogP contribution in [0.15, 0.2) is 46.9 Å². The number of nitrogens with zero attached hydrogens (tertiary/aromatic N) is 1. The van der Waals surface area contributed by atoms with Crippen molar-refractivity contribution in [2.45, 2.75) is 31.8 Å². The van der Waals surface area contributed by atoms with Gasteiger partial charge in [0.2, 0.25) is 0 Å². The van der Waals surface area contributed by atoms with Crippen LogP contribution in [0.5, 0.6) is 0 Å². The van der Waals surface area contributed by atoms with Crippen LogP contribution in [0, 0.1) is 11.3 Å². The normalized spacial score (nSPS) is 17.0. The molecule has 0 bridgehead atoms. The minimum Gasteiger partial charge on any atom is -0.310 e. The van der Waals surface area contributed by atoms with Gasteiger partial charge in [-0.15, -0.1) is 0 Å². The highest BCUT2D eigenvalue weighted by Gasteiger charge is 2.18. The summed E-state index contributed by atoms with van der Waals surface area (Å²) in [6, 6.07) is 17.1. The molecule has 1 atom stereocenters. The average molecular weight is 341 g/mol. The van der Waals surface area contributed by atoms with Crippen molar-refractivity contribution in [1.29, 1.82) is 5.26 Å². The molecular weight excluding hydrogens is 324 g/mol. The second-order valence-electron chi connectivity index (χ2n) is 5.55. The Labute approximate surface area is 133 Å². The Morgan fingerprint density at radius 3 is 2.95 bits per heavy atom. The van der Waals surface area contributed by atoms with E-state index in [1.165, 1.54) is 27.6 Å². The maximum absolute atomic E-state index is 8.94. The number of benzene rings is 2. The molecule has 0 radical (unpaired) electrons. The third-order valence-corrected chi connectivity index (χ3v) is 4.54. The SMILES string of the molecule is N#Cc1cccc(CNC2CCc3cc(Br)ccc3C2)c1. The topological polar surface area (TPSA) is 35.8 Å². The molecule has 2 nitrogen and oxygen atoms in total. The summed E-state index contributed by atoms with van der Waals surface area (Å²) in [6.45, 7) is 0.825. The summed E-state index contributed by atoms with van der Waals surface area (Å²) in [5.41, 5.74) is 4.82. The molecule has 2 aromatic carbocycles. The smallest absolute Gasteiger partial charge is 0.0991 e. The zero-order valence-corrected chi connectivity index (χ0v) is 13.4. The quantitative estimate of drug-likeness (QED) is 0.917. The number of rotatable bonds is 3. The number of aryl methyl sites for hydroxylation is 1. The third kappa shape index (κ3) is 3.53. The largest absolute Gasteiger partial charge is 0.310 e. The second-order valence-corrected chi connectivity index (χ2v) is 6.46. The van der Waals surface area contributed by atoms with E-state index in [0.29, 0.717) is 6.04 Å². The highest BCUT2D eigenvalue weighted by Crippen LogP contribution is 2.25. The molecule has 0 heterocycles. The monoisotopic (exact) mass is 340 g/mol. The fourth-order valence-corrected chi connectivity index (χ4v) is 3.32. The summed E-state index contributed by atoms with van der Waals surface area (Å²) in [5.74, 6) is 0. The molecule has 2 aromatic rings. The first-order valence-electron chi connectivity index (χ1n) is 7.24. The fourth-order valence-electron chi connectivity index (χ4n) is 2.91. The lowest BCUT2D eigenvalue weighted by Gasteiger charge is -2.26. The maximum Gasteiger partial charge on any atom is 0.0991 e. The number of nitriles is 1. The summed E-state index contributed by atoms with van der Waals surface area (Å²) in [6.07, 6.45) is 3.38. The van der Waals surface area contributed by atoms with Crippen LogP contribution in [0.1, 0.15) is 28.7 Å². The van der Waals surface area contributed by atoms with Crippen molar-refractivity contribution < 1.29 is 0 Å². The molecule has 0 spiro atoms. The van der Waals surface area contributed by atoms with Gasteiger partial charge in [-0.25, -0.2) is 0 Å². The van der Waals surface area contributed by atoms with Crippen molar-refractivity contribution in [1.82, 2.24) is 5.32 Å². The number of nitrogens with one attached hydrogen (secondary N) is 1. The Bertz CT molecular complexity index is 688. The van der Waals surface area contributed by atoms with Gasteiger partial charge in [-0.05, 0) is 60.2 Å². The molecule has 0 amide bonds. The molecule has 1 aliphatic rings. The number of fused-ring (bicyclic) bond motifs is 1.